The van der Waals surface area contributed by atoms with Crippen LogP contribution in [0.3, 0.4) is 0 Å². The zero-order valence-corrected chi connectivity index (χ0v) is 20.1. The van der Waals surface area contributed by atoms with Crippen LogP contribution in [-0.2, 0) is 20.7 Å². The van der Waals surface area contributed by atoms with Gasteiger partial charge >= 0.3 is 12.1 Å². The molecule has 3 fully saturated rings. The molecule has 0 aromatic heterocycles. The minimum Gasteiger partial charge on any atom is -0.508 e. The molecule has 1 aromatic carbocycles. The van der Waals surface area contributed by atoms with Gasteiger partial charge in [-0.2, -0.15) is 13.2 Å². The van der Waals surface area contributed by atoms with Crippen LogP contribution in [0, 0.1) is 11.3 Å². The number of benzene rings is 1. The Labute approximate surface area is 203 Å². The largest absolute Gasteiger partial charge is 0.508 e. The van der Waals surface area contributed by atoms with Crippen LogP contribution in [0.25, 0.3) is 0 Å². The molecule has 0 aliphatic carbocycles. The molecule has 1 aromatic rings. The molecule has 2 N–H and O–H groups in total. The van der Waals surface area contributed by atoms with E-state index in [1.807, 2.05) is 17.0 Å². The van der Waals surface area contributed by atoms with Gasteiger partial charge in [-0.15, -0.1) is 0 Å². The molecule has 7 nitrogen and oxygen atoms in total. The second-order valence-corrected chi connectivity index (χ2v) is 10.2. The fraction of sp³-hybridized carbons (Fsp3) is 0.680. The molecule has 10 heteroatoms. The third-order valence-corrected chi connectivity index (χ3v) is 7.20. The number of aromatic hydroxyl groups is 1. The molecule has 0 radical (unpaired) electrons. The number of carbonyl (C=O) groups excluding carboxylic acids is 1. The van der Waals surface area contributed by atoms with Gasteiger partial charge in [-0.3, -0.25) is 4.79 Å². The molecule has 2 atom stereocenters. The molecule has 3 aliphatic rings. The van der Waals surface area contributed by atoms with Gasteiger partial charge in [-0.1, -0.05) is 19.1 Å². The van der Waals surface area contributed by atoms with Gasteiger partial charge in [0.1, 0.15) is 5.75 Å². The van der Waals surface area contributed by atoms with Crippen LogP contribution in [0.4, 0.5) is 13.2 Å². The van der Waals surface area contributed by atoms with Gasteiger partial charge in [-0.05, 0) is 67.7 Å². The van der Waals surface area contributed by atoms with E-state index >= 15 is 0 Å². The summed E-state index contributed by atoms with van der Waals surface area (Å²) in [5, 5.41) is 16.5. The Balaban J connectivity index is 0.000000429. The van der Waals surface area contributed by atoms with E-state index in [4.69, 9.17) is 14.6 Å². The number of aliphatic carboxylic acids is 1. The maximum atomic E-state index is 12.6. The predicted molar refractivity (Wildman–Crippen MR) is 123 cm³/mol. The van der Waals surface area contributed by atoms with E-state index in [1.54, 1.807) is 12.1 Å². The average molecular weight is 501 g/mol. The van der Waals surface area contributed by atoms with Gasteiger partial charge in [0.15, 0.2) is 0 Å². The van der Waals surface area contributed by atoms with E-state index in [9.17, 15) is 23.1 Å². The first kappa shape index (κ1) is 27.3. The molecule has 35 heavy (non-hydrogen) atoms. The van der Waals surface area contributed by atoms with E-state index in [-0.39, 0.29) is 17.1 Å². The second-order valence-electron chi connectivity index (χ2n) is 10.2. The van der Waals surface area contributed by atoms with Crippen molar-refractivity contribution in [2.45, 2.75) is 57.7 Å². The van der Waals surface area contributed by atoms with Crippen LogP contribution in [-0.4, -0.2) is 83.5 Å². The molecular formula is C25H35F3N2O5. The highest BCUT2D eigenvalue weighted by Gasteiger charge is 2.43. The van der Waals surface area contributed by atoms with Gasteiger partial charge in [0, 0.05) is 26.2 Å². The summed E-state index contributed by atoms with van der Waals surface area (Å²) in [6, 6.07) is 6.95. The van der Waals surface area contributed by atoms with E-state index in [2.05, 4.69) is 11.8 Å². The van der Waals surface area contributed by atoms with Crippen LogP contribution >= 0.6 is 0 Å². The summed E-state index contributed by atoms with van der Waals surface area (Å²) in [5.74, 6) is -1.51. The van der Waals surface area contributed by atoms with Crippen molar-refractivity contribution in [1.29, 1.82) is 0 Å². The summed E-state index contributed by atoms with van der Waals surface area (Å²) in [5.41, 5.74) is 1.24. The minimum absolute atomic E-state index is 0.193. The Kier molecular flexibility index (Phi) is 9.04. The number of phenolic OH excluding ortho intramolecular Hbond substituents is 1. The molecule has 0 bridgehead atoms. The Morgan fingerprint density at radius 2 is 1.77 bits per heavy atom. The Morgan fingerprint density at radius 3 is 2.34 bits per heavy atom. The number of carbonyl (C=O) groups is 2. The van der Waals surface area contributed by atoms with Crippen LogP contribution in [0.1, 0.15) is 44.6 Å². The normalized spacial score (nSPS) is 24.6. The summed E-state index contributed by atoms with van der Waals surface area (Å²) >= 11 is 0. The van der Waals surface area contributed by atoms with Gasteiger partial charge in [0.2, 0.25) is 5.91 Å². The van der Waals surface area contributed by atoms with Crippen molar-refractivity contribution in [2.75, 3.05) is 39.3 Å². The van der Waals surface area contributed by atoms with Gasteiger partial charge in [0.05, 0.1) is 19.1 Å². The highest BCUT2D eigenvalue weighted by atomic mass is 19.4. The second kappa shape index (κ2) is 11.6. The molecule has 3 saturated heterocycles. The fourth-order valence-electron chi connectivity index (χ4n) is 5.23. The van der Waals surface area contributed by atoms with Crippen molar-refractivity contribution in [3.05, 3.63) is 29.8 Å². The molecule has 0 saturated carbocycles. The van der Waals surface area contributed by atoms with Crippen LogP contribution < -0.4 is 0 Å². The van der Waals surface area contributed by atoms with E-state index in [1.165, 1.54) is 25.9 Å². The van der Waals surface area contributed by atoms with E-state index in [0.717, 1.165) is 57.0 Å². The van der Waals surface area contributed by atoms with Crippen LogP contribution in [0.2, 0.25) is 0 Å². The SMILES string of the molecule is CC1CCCN(CC2CC3(CCN(C(=O)Cc4ccc(O)cc4)CC3)CO2)C1.O=C(O)C(F)(F)F. The number of alkyl halides is 3. The summed E-state index contributed by atoms with van der Waals surface area (Å²) in [6.45, 7) is 8.41. The number of carboxylic acid groups (broad SMARTS) is 1. The number of halogens is 3. The molecule has 1 amide bonds. The number of nitrogens with zero attached hydrogens (tertiary/aromatic N) is 2. The zero-order chi connectivity index (χ0) is 25.6. The smallest absolute Gasteiger partial charge is 0.490 e. The monoisotopic (exact) mass is 500 g/mol. The number of likely N-dealkylation sites (tertiary alicyclic amines) is 2. The Morgan fingerprint density at radius 1 is 1.14 bits per heavy atom. The molecular weight excluding hydrogens is 465 g/mol. The number of carboxylic acids is 1. The summed E-state index contributed by atoms with van der Waals surface area (Å²) < 4.78 is 38.0. The maximum Gasteiger partial charge on any atom is 0.490 e. The molecule has 4 rings (SSSR count). The van der Waals surface area contributed by atoms with Crippen molar-refractivity contribution < 1.29 is 37.7 Å². The van der Waals surface area contributed by atoms with Crippen molar-refractivity contribution >= 4 is 11.9 Å². The first-order valence-electron chi connectivity index (χ1n) is 12.2. The van der Waals surface area contributed by atoms with E-state index < -0.39 is 12.1 Å². The predicted octanol–water partition coefficient (Wildman–Crippen LogP) is 3.70. The highest BCUT2D eigenvalue weighted by Crippen LogP contribution is 2.42. The lowest BCUT2D eigenvalue weighted by molar-refractivity contribution is -0.192. The van der Waals surface area contributed by atoms with E-state index in [0.29, 0.717) is 12.5 Å². The zero-order valence-electron chi connectivity index (χ0n) is 20.1. The topological polar surface area (TPSA) is 90.3 Å². The van der Waals surface area contributed by atoms with Gasteiger partial charge in [-0.25, -0.2) is 4.79 Å². The number of phenols is 1. The number of piperidine rings is 2. The molecule has 196 valence electrons. The highest BCUT2D eigenvalue weighted by molar-refractivity contribution is 5.79. The maximum absolute atomic E-state index is 12.6. The third-order valence-electron chi connectivity index (χ3n) is 7.20. The first-order valence-corrected chi connectivity index (χ1v) is 12.2. The number of ether oxygens (including phenoxy) is 1. The Hall–Kier alpha value is -2.33. The lowest BCUT2D eigenvalue weighted by atomic mass is 9.76. The standard InChI is InChI=1S/C23H34N2O3.C2HF3O2/c1-18-3-2-10-24(15-18)16-21-14-23(17-28-21)8-11-25(12-9-23)22(27)13-19-4-6-20(26)7-5-19;3-2(4,5)1(6)7/h4-7,18,21,26H,2-3,8-17H2,1H3;(H,6,7). The van der Waals surface area contributed by atoms with Crippen LogP contribution in [0.15, 0.2) is 24.3 Å². The minimum atomic E-state index is -5.08. The third kappa shape index (κ3) is 8.10. The lowest BCUT2D eigenvalue weighted by Crippen LogP contribution is -2.44. The van der Waals surface area contributed by atoms with Crippen LogP contribution in [0.5, 0.6) is 5.75 Å². The molecule has 3 aliphatic heterocycles. The summed E-state index contributed by atoms with van der Waals surface area (Å²) in [7, 11) is 0. The fourth-order valence-corrected chi connectivity index (χ4v) is 5.23. The molecule has 2 unspecified atom stereocenters. The number of amides is 1. The first-order chi connectivity index (χ1) is 16.5. The van der Waals surface area contributed by atoms with Crippen molar-refractivity contribution in [1.82, 2.24) is 9.80 Å². The quantitative estimate of drug-likeness (QED) is 0.656. The number of hydrogen-bond donors (Lipinski definition) is 2. The van der Waals surface area contributed by atoms with Gasteiger partial charge < -0.3 is 24.7 Å². The van der Waals surface area contributed by atoms with Gasteiger partial charge in [0.25, 0.3) is 0 Å². The Bertz CT molecular complexity index is 854. The lowest BCUT2D eigenvalue weighted by Gasteiger charge is -2.39. The number of hydrogen-bond acceptors (Lipinski definition) is 5. The van der Waals surface area contributed by atoms with Crippen molar-refractivity contribution in [3.8, 4) is 5.75 Å². The average Bonchev–Trinajstić information content (AvgIpc) is 3.17. The van der Waals surface area contributed by atoms with Crippen molar-refractivity contribution in [2.24, 2.45) is 11.3 Å². The summed E-state index contributed by atoms with van der Waals surface area (Å²) in [6.07, 6.45) is 1.64. The number of rotatable bonds is 4. The summed E-state index contributed by atoms with van der Waals surface area (Å²) in [4.78, 5) is 26.1. The molecule has 3 heterocycles. The molecule has 1 spiro atoms. The van der Waals surface area contributed by atoms with Crippen molar-refractivity contribution in [3.63, 3.8) is 0 Å².